The Hall–Kier alpha value is -3.54. The first-order valence-corrected chi connectivity index (χ1v) is 8.60. The Labute approximate surface area is 156 Å². The molecule has 1 aromatic carbocycles. The second kappa shape index (κ2) is 6.99. The van der Waals surface area contributed by atoms with Crippen LogP contribution in [-0.4, -0.2) is 33.0 Å². The fraction of sp³-hybridized carbons (Fsp3) is 0.143. The van der Waals surface area contributed by atoms with Crippen LogP contribution >= 0.6 is 0 Å². The molecule has 3 heterocycles. The van der Waals surface area contributed by atoms with E-state index in [1.54, 1.807) is 24.2 Å². The molecule has 6 heteroatoms. The summed E-state index contributed by atoms with van der Waals surface area (Å²) in [7, 11) is 1.78. The van der Waals surface area contributed by atoms with Crippen molar-refractivity contribution in [3.05, 3.63) is 89.5 Å². The summed E-state index contributed by atoms with van der Waals surface area (Å²) in [6.45, 7) is 1.83. The summed E-state index contributed by atoms with van der Waals surface area (Å²) in [6, 6.07) is 17.0. The Bertz CT molecular complexity index is 1040. The van der Waals surface area contributed by atoms with Gasteiger partial charge in [-0.3, -0.25) is 9.78 Å². The molecule has 0 radical (unpaired) electrons. The fourth-order valence-electron chi connectivity index (χ4n) is 3.15. The van der Waals surface area contributed by atoms with E-state index in [0.29, 0.717) is 17.0 Å². The Balaban J connectivity index is 1.75. The maximum absolute atomic E-state index is 13.2. The molecule has 0 spiro atoms. The van der Waals surface area contributed by atoms with Crippen molar-refractivity contribution < 1.29 is 9.32 Å². The molecule has 4 rings (SSSR count). The molecule has 1 amide bonds. The molecular formula is C21H18N4O2. The van der Waals surface area contributed by atoms with Crippen LogP contribution in [0.1, 0.15) is 33.4 Å². The maximum Gasteiger partial charge on any atom is 0.257 e. The molecular weight excluding hydrogens is 340 g/mol. The van der Waals surface area contributed by atoms with E-state index in [0.717, 1.165) is 16.6 Å². The van der Waals surface area contributed by atoms with Gasteiger partial charge in [0.2, 0.25) is 0 Å². The lowest BCUT2D eigenvalue weighted by molar-refractivity contribution is 0.0752. The molecule has 0 N–H and O–H groups in total. The van der Waals surface area contributed by atoms with Crippen molar-refractivity contribution in [3.63, 3.8) is 0 Å². The number of rotatable bonds is 4. The van der Waals surface area contributed by atoms with Crippen LogP contribution in [-0.2, 0) is 0 Å². The van der Waals surface area contributed by atoms with Crippen LogP contribution < -0.4 is 0 Å². The van der Waals surface area contributed by atoms with Crippen molar-refractivity contribution in [3.8, 4) is 0 Å². The number of benzene rings is 1. The number of nitrogens with zero attached hydrogens (tertiary/aromatic N) is 4. The van der Waals surface area contributed by atoms with E-state index in [4.69, 9.17) is 4.52 Å². The minimum absolute atomic E-state index is 0.149. The number of hydrogen-bond acceptors (Lipinski definition) is 5. The third-order valence-electron chi connectivity index (χ3n) is 4.55. The first-order chi connectivity index (χ1) is 13.1. The van der Waals surface area contributed by atoms with Crippen LogP contribution in [0, 0.1) is 6.92 Å². The number of amides is 1. The van der Waals surface area contributed by atoms with Crippen molar-refractivity contribution >= 4 is 17.0 Å². The monoisotopic (exact) mass is 358 g/mol. The minimum atomic E-state index is -0.306. The largest absolute Gasteiger partial charge is 0.336 e. The molecule has 0 fully saturated rings. The Morgan fingerprint density at radius 3 is 2.59 bits per heavy atom. The van der Waals surface area contributed by atoms with Gasteiger partial charge in [0, 0.05) is 19.4 Å². The van der Waals surface area contributed by atoms with Gasteiger partial charge in [0.05, 0.1) is 28.4 Å². The van der Waals surface area contributed by atoms with Crippen LogP contribution in [0.4, 0.5) is 0 Å². The number of hydrogen-bond donors (Lipinski definition) is 0. The number of carbonyl (C=O) groups is 1. The van der Waals surface area contributed by atoms with Gasteiger partial charge < -0.3 is 9.42 Å². The Morgan fingerprint density at radius 2 is 1.85 bits per heavy atom. The SMILES string of the molecule is Cc1noc2ncc(C(=O)N(C)C(c3ccccc3)c3ccccn3)cc12. The third-order valence-corrected chi connectivity index (χ3v) is 4.55. The van der Waals surface area contributed by atoms with Gasteiger partial charge in [-0.1, -0.05) is 41.6 Å². The average Bonchev–Trinajstić information content (AvgIpc) is 3.09. The van der Waals surface area contributed by atoms with Crippen molar-refractivity contribution in [1.29, 1.82) is 0 Å². The quantitative estimate of drug-likeness (QED) is 0.555. The van der Waals surface area contributed by atoms with E-state index in [9.17, 15) is 4.79 Å². The molecule has 4 aromatic rings. The summed E-state index contributed by atoms with van der Waals surface area (Å²) in [5.41, 5.74) is 3.40. The highest BCUT2D eigenvalue weighted by Crippen LogP contribution is 2.28. The molecule has 0 bridgehead atoms. The molecule has 0 saturated carbocycles. The minimum Gasteiger partial charge on any atom is -0.336 e. The Kier molecular flexibility index (Phi) is 4.38. The lowest BCUT2D eigenvalue weighted by Crippen LogP contribution is -2.32. The van der Waals surface area contributed by atoms with Crippen LogP contribution in [0.5, 0.6) is 0 Å². The van der Waals surface area contributed by atoms with Crippen molar-refractivity contribution in [1.82, 2.24) is 20.0 Å². The first kappa shape index (κ1) is 16.9. The molecule has 0 aliphatic rings. The van der Waals surface area contributed by atoms with E-state index in [1.165, 1.54) is 6.20 Å². The fourth-order valence-corrected chi connectivity index (χ4v) is 3.15. The van der Waals surface area contributed by atoms with Gasteiger partial charge in [-0.05, 0) is 30.7 Å². The molecule has 0 aliphatic heterocycles. The van der Waals surface area contributed by atoms with Gasteiger partial charge >= 0.3 is 0 Å². The number of pyridine rings is 2. The summed E-state index contributed by atoms with van der Waals surface area (Å²) in [4.78, 5) is 23.6. The zero-order valence-electron chi connectivity index (χ0n) is 15.0. The molecule has 27 heavy (non-hydrogen) atoms. The van der Waals surface area contributed by atoms with Gasteiger partial charge in [-0.25, -0.2) is 4.98 Å². The number of aryl methyl sites for hydroxylation is 1. The van der Waals surface area contributed by atoms with Crippen molar-refractivity contribution in [2.45, 2.75) is 13.0 Å². The summed E-state index contributed by atoms with van der Waals surface area (Å²) in [6.07, 6.45) is 3.25. The summed E-state index contributed by atoms with van der Waals surface area (Å²) in [5.74, 6) is -0.149. The van der Waals surface area contributed by atoms with Gasteiger partial charge in [0.15, 0.2) is 0 Å². The predicted molar refractivity (Wildman–Crippen MR) is 101 cm³/mol. The molecule has 1 atom stereocenters. The first-order valence-electron chi connectivity index (χ1n) is 8.60. The van der Waals surface area contributed by atoms with E-state index in [-0.39, 0.29) is 11.9 Å². The smallest absolute Gasteiger partial charge is 0.257 e. The van der Waals surface area contributed by atoms with E-state index < -0.39 is 0 Å². The molecule has 1 unspecified atom stereocenters. The molecule has 6 nitrogen and oxygen atoms in total. The van der Waals surface area contributed by atoms with Gasteiger partial charge in [0.25, 0.3) is 11.6 Å². The number of carbonyl (C=O) groups excluding carboxylic acids is 1. The molecule has 134 valence electrons. The molecule has 0 saturated heterocycles. The third kappa shape index (κ3) is 3.17. The van der Waals surface area contributed by atoms with Crippen LogP contribution in [0.25, 0.3) is 11.1 Å². The summed E-state index contributed by atoms with van der Waals surface area (Å²) in [5, 5.41) is 4.64. The standard InChI is InChI=1S/C21H18N4O2/c1-14-17-12-16(13-23-20(17)27-24-14)21(26)25(2)19(15-8-4-3-5-9-15)18-10-6-7-11-22-18/h3-13,19H,1-2H3. The lowest BCUT2D eigenvalue weighted by Gasteiger charge is -2.28. The normalized spacial score (nSPS) is 12.1. The average molecular weight is 358 g/mol. The lowest BCUT2D eigenvalue weighted by atomic mass is 10.0. The topological polar surface area (TPSA) is 72.1 Å². The molecule has 3 aromatic heterocycles. The number of fused-ring (bicyclic) bond motifs is 1. The zero-order valence-corrected chi connectivity index (χ0v) is 15.0. The second-order valence-electron chi connectivity index (χ2n) is 6.33. The molecule has 0 aliphatic carbocycles. The van der Waals surface area contributed by atoms with Crippen molar-refractivity contribution in [2.24, 2.45) is 0 Å². The van der Waals surface area contributed by atoms with Gasteiger partial charge in [-0.2, -0.15) is 0 Å². The summed E-state index contributed by atoms with van der Waals surface area (Å²) >= 11 is 0. The second-order valence-corrected chi connectivity index (χ2v) is 6.33. The van der Waals surface area contributed by atoms with E-state index in [2.05, 4.69) is 15.1 Å². The number of aromatic nitrogens is 3. The van der Waals surface area contributed by atoms with Crippen LogP contribution in [0.2, 0.25) is 0 Å². The maximum atomic E-state index is 13.2. The highest BCUT2D eigenvalue weighted by atomic mass is 16.5. The van der Waals surface area contributed by atoms with Crippen LogP contribution in [0.3, 0.4) is 0 Å². The van der Waals surface area contributed by atoms with E-state index >= 15 is 0 Å². The Morgan fingerprint density at radius 1 is 1.07 bits per heavy atom. The predicted octanol–water partition coefficient (Wildman–Crippen LogP) is 3.79. The highest BCUT2D eigenvalue weighted by Gasteiger charge is 2.26. The van der Waals surface area contributed by atoms with Crippen LogP contribution in [0.15, 0.2) is 71.5 Å². The summed E-state index contributed by atoms with van der Waals surface area (Å²) < 4.78 is 5.13. The van der Waals surface area contributed by atoms with Crippen molar-refractivity contribution in [2.75, 3.05) is 7.05 Å². The highest BCUT2D eigenvalue weighted by molar-refractivity contribution is 5.97. The van der Waals surface area contributed by atoms with Gasteiger partial charge in [-0.15, -0.1) is 0 Å². The zero-order chi connectivity index (χ0) is 18.8. The van der Waals surface area contributed by atoms with E-state index in [1.807, 2.05) is 55.5 Å². The van der Waals surface area contributed by atoms with Gasteiger partial charge in [0.1, 0.15) is 0 Å².